The average Bonchev–Trinajstić information content (AvgIpc) is 2.10. The van der Waals surface area contributed by atoms with Gasteiger partial charge in [-0.2, -0.15) is 0 Å². The molecule has 0 saturated carbocycles. The minimum atomic E-state index is -0.0783. The molecule has 1 aromatic heterocycles. The van der Waals surface area contributed by atoms with Crippen LogP contribution in [-0.4, -0.2) is 21.5 Å². The molecule has 3 N–H and O–H groups in total. The van der Waals surface area contributed by atoms with Gasteiger partial charge >= 0.3 is 0 Å². The molecule has 17 heavy (non-hydrogen) atoms. The number of hydrogen-bond acceptors (Lipinski definition) is 3. The van der Waals surface area contributed by atoms with Crippen LogP contribution in [0.15, 0.2) is 11.1 Å². The van der Waals surface area contributed by atoms with Gasteiger partial charge in [-0.15, -0.1) is 0 Å². The first kappa shape index (κ1) is 13.4. The summed E-state index contributed by atoms with van der Waals surface area (Å²) in [6.45, 7) is 10.4. The maximum absolute atomic E-state index is 5.78. The Morgan fingerprint density at radius 1 is 1.35 bits per heavy atom. The highest BCUT2D eigenvalue weighted by Crippen LogP contribution is 2.02. The van der Waals surface area contributed by atoms with Gasteiger partial charge in [0.2, 0.25) is 0 Å². The van der Waals surface area contributed by atoms with Gasteiger partial charge in [-0.25, -0.2) is 15.0 Å². The smallest absolute Gasteiger partial charge is 0.189 e. The third-order valence-corrected chi connectivity index (χ3v) is 1.93. The van der Waals surface area contributed by atoms with Gasteiger partial charge in [0, 0.05) is 11.2 Å². The van der Waals surface area contributed by atoms with E-state index in [1.54, 1.807) is 0 Å². The van der Waals surface area contributed by atoms with E-state index in [1.807, 2.05) is 40.7 Å². The van der Waals surface area contributed by atoms with Gasteiger partial charge in [-0.3, -0.25) is 0 Å². The van der Waals surface area contributed by atoms with Crippen LogP contribution in [0, 0.1) is 13.8 Å². The van der Waals surface area contributed by atoms with Gasteiger partial charge in [0.25, 0.3) is 0 Å². The molecule has 0 spiro atoms. The first-order chi connectivity index (χ1) is 7.76. The normalized spacial score (nSPS) is 12.6. The van der Waals surface area contributed by atoms with Crippen LogP contribution in [-0.2, 0) is 6.54 Å². The molecule has 1 rings (SSSR count). The summed E-state index contributed by atoms with van der Waals surface area (Å²) in [6, 6.07) is 1.92. The second kappa shape index (κ2) is 5.12. The van der Waals surface area contributed by atoms with E-state index in [0.29, 0.717) is 12.5 Å². The molecule has 0 unspecified atom stereocenters. The van der Waals surface area contributed by atoms with Crippen molar-refractivity contribution in [2.75, 3.05) is 0 Å². The first-order valence-electron chi connectivity index (χ1n) is 5.65. The summed E-state index contributed by atoms with van der Waals surface area (Å²) in [4.78, 5) is 12.8. The molecule has 0 aliphatic carbocycles. The van der Waals surface area contributed by atoms with Crippen LogP contribution in [0.25, 0.3) is 0 Å². The summed E-state index contributed by atoms with van der Waals surface area (Å²) in [6.07, 6.45) is 0. The minimum Gasteiger partial charge on any atom is -0.370 e. The summed E-state index contributed by atoms with van der Waals surface area (Å²) in [7, 11) is 0. The quantitative estimate of drug-likeness (QED) is 0.598. The molecule has 5 heteroatoms. The number of aryl methyl sites for hydroxylation is 2. The van der Waals surface area contributed by atoms with Crippen LogP contribution >= 0.6 is 0 Å². The van der Waals surface area contributed by atoms with E-state index in [1.165, 1.54) is 0 Å². The summed E-state index contributed by atoms with van der Waals surface area (Å²) in [5.74, 6) is 1.20. The number of aromatic nitrogens is 2. The van der Waals surface area contributed by atoms with Crippen molar-refractivity contribution in [3.05, 3.63) is 23.3 Å². The number of guanidine groups is 1. The zero-order valence-electron chi connectivity index (χ0n) is 11.2. The number of nitrogens with one attached hydrogen (secondary N) is 1. The molecule has 0 aliphatic heterocycles. The maximum atomic E-state index is 5.78. The van der Waals surface area contributed by atoms with Gasteiger partial charge < -0.3 is 11.1 Å². The van der Waals surface area contributed by atoms with Crippen molar-refractivity contribution in [2.24, 2.45) is 10.7 Å². The van der Waals surface area contributed by atoms with Crippen molar-refractivity contribution in [3.8, 4) is 0 Å². The fourth-order valence-corrected chi connectivity index (χ4v) is 1.46. The standard InChI is InChI=1S/C12H21N5/c1-8-6-10(16-9(2)15-8)7-14-11(13)17-12(3,4)5/h6H,7H2,1-5H3,(H3,13,14,17). The molecule has 0 fully saturated rings. The third-order valence-electron chi connectivity index (χ3n) is 1.93. The second-order valence-electron chi connectivity index (χ2n) is 5.12. The first-order valence-corrected chi connectivity index (χ1v) is 5.65. The van der Waals surface area contributed by atoms with Crippen molar-refractivity contribution in [1.82, 2.24) is 15.3 Å². The van der Waals surface area contributed by atoms with E-state index in [4.69, 9.17) is 5.73 Å². The zero-order chi connectivity index (χ0) is 13.1. The molecule has 1 heterocycles. The van der Waals surface area contributed by atoms with Crippen LogP contribution in [0.2, 0.25) is 0 Å². The third kappa shape index (κ3) is 5.29. The Hall–Kier alpha value is -1.65. The Morgan fingerprint density at radius 3 is 2.53 bits per heavy atom. The summed E-state index contributed by atoms with van der Waals surface area (Å²) in [5.41, 5.74) is 7.53. The van der Waals surface area contributed by atoms with E-state index in [0.717, 1.165) is 17.2 Å². The maximum Gasteiger partial charge on any atom is 0.189 e. The molecule has 94 valence electrons. The van der Waals surface area contributed by atoms with E-state index in [2.05, 4.69) is 20.3 Å². The largest absolute Gasteiger partial charge is 0.370 e. The van der Waals surface area contributed by atoms with E-state index >= 15 is 0 Å². The summed E-state index contributed by atoms with van der Waals surface area (Å²) in [5, 5.41) is 3.10. The Bertz CT molecular complexity index is 397. The average molecular weight is 235 g/mol. The Balaban J connectivity index is 2.69. The zero-order valence-corrected chi connectivity index (χ0v) is 11.2. The predicted molar refractivity (Wildman–Crippen MR) is 69.7 cm³/mol. The molecule has 0 aromatic carbocycles. The minimum absolute atomic E-state index is 0.0783. The number of aliphatic imine (C=N–C) groups is 1. The van der Waals surface area contributed by atoms with Gasteiger partial charge in [-0.1, -0.05) is 0 Å². The van der Waals surface area contributed by atoms with Crippen molar-refractivity contribution in [3.63, 3.8) is 0 Å². The highest BCUT2D eigenvalue weighted by Gasteiger charge is 2.09. The molecular formula is C12H21N5. The van der Waals surface area contributed by atoms with Crippen molar-refractivity contribution >= 4 is 5.96 Å². The second-order valence-corrected chi connectivity index (χ2v) is 5.12. The fourth-order valence-electron chi connectivity index (χ4n) is 1.46. The Labute approximate surface area is 103 Å². The van der Waals surface area contributed by atoms with Crippen LogP contribution in [0.5, 0.6) is 0 Å². The molecule has 1 aromatic rings. The van der Waals surface area contributed by atoms with Crippen LogP contribution < -0.4 is 11.1 Å². The lowest BCUT2D eigenvalue weighted by Crippen LogP contribution is -2.45. The molecule has 0 bridgehead atoms. The molecule has 0 aliphatic rings. The molecule has 5 nitrogen and oxygen atoms in total. The van der Waals surface area contributed by atoms with E-state index in [9.17, 15) is 0 Å². The van der Waals surface area contributed by atoms with Crippen LogP contribution in [0.1, 0.15) is 38.0 Å². The van der Waals surface area contributed by atoms with E-state index in [-0.39, 0.29) is 5.54 Å². The Morgan fingerprint density at radius 2 is 2.00 bits per heavy atom. The summed E-state index contributed by atoms with van der Waals surface area (Å²) >= 11 is 0. The highest BCUT2D eigenvalue weighted by molar-refractivity contribution is 5.78. The fraction of sp³-hybridized carbons (Fsp3) is 0.583. The molecule has 0 radical (unpaired) electrons. The monoisotopic (exact) mass is 235 g/mol. The van der Waals surface area contributed by atoms with Crippen molar-refractivity contribution in [2.45, 2.75) is 46.7 Å². The van der Waals surface area contributed by atoms with E-state index < -0.39 is 0 Å². The highest BCUT2D eigenvalue weighted by atomic mass is 15.1. The molecule has 0 atom stereocenters. The number of nitrogens with two attached hydrogens (primary N) is 1. The van der Waals surface area contributed by atoms with Gasteiger partial charge in [0.1, 0.15) is 5.82 Å². The van der Waals surface area contributed by atoms with Crippen molar-refractivity contribution < 1.29 is 0 Å². The summed E-state index contributed by atoms with van der Waals surface area (Å²) < 4.78 is 0. The SMILES string of the molecule is Cc1cc(CN=C(N)NC(C)(C)C)nc(C)n1. The molecule has 0 saturated heterocycles. The number of rotatable bonds is 2. The topological polar surface area (TPSA) is 76.2 Å². The van der Waals surface area contributed by atoms with Crippen LogP contribution in [0.4, 0.5) is 0 Å². The van der Waals surface area contributed by atoms with Gasteiger partial charge in [-0.05, 0) is 40.7 Å². The molecular weight excluding hydrogens is 214 g/mol. The van der Waals surface area contributed by atoms with Gasteiger partial charge in [0.05, 0.1) is 12.2 Å². The van der Waals surface area contributed by atoms with Gasteiger partial charge in [0.15, 0.2) is 5.96 Å². The molecule has 0 amide bonds. The van der Waals surface area contributed by atoms with Crippen LogP contribution in [0.3, 0.4) is 0 Å². The predicted octanol–water partition coefficient (Wildman–Crippen LogP) is 1.30. The van der Waals surface area contributed by atoms with Crippen molar-refractivity contribution in [1.29, 1.82) is 0 Å². The lowest BCUT2D eigenvalue weighted by molar-refractivity contribution is 0.508. The lowest BCUT2D eigenvalue weighted by Gasteiger charge is -2.20. The Kier molecular flexibility index (Phi) is 4.04. The number of hydrogen-bond donors (Lipinski definition) is 2. The lowest BCUT2D eigenvalue weighted by atomic mass is 10.1. The number of nitrogens with zero attached hydrogens (tertiary/aromatic N) is 3.